The molecule has 2 aromatic heterocycles. The maximum absolute atomic E-state index is 6.01. The van der Waals surface area contributed by atoms with E-state index in [-0.39, 0.29) is 0 Å². The second kappa shape index (κ2) is 6.19. The van der Waals surface area contributed by atoms with Gasteiger partial charge in [-0.1, -0.05) is 23.2 Å². The summed E-state index contributed by atoms with van der Waals surface area (Å²) in [5.74, 6) is 0. The van der Waals surface area contributed by atoms with Gasteiger partial charge in [0.2, 0.25) is 0 Å². The van der Waals surface area contributed by atoms with Gasteiger partial charge in [0.25, 0.3) is 0 Å². The summed E-state index contributed by atoms with van der Waals surface area (Å²) < 4.78 is 4.21. The number of hydrogen-bond acceptors (Lipinski definition) is 6. The fourth-order valence-electron chi connectivity index (χ4n) is 1.90. The molecule has 22 heavy (non-hydrogen) atoms. The van der Waals surface area contributed by atoms with Gasteiger partial charge < -0.3 is 0 Å². The van der Waals surface area contributed by atoms with Crippen LogP contribution >= 0.6 is 67.5 Å². The molecule has 0 bridgehead atoms. The topological polar surface area (TPSA) is 25.8 Å². The van der Waals surface area contributed by atoms with Crippen LogP contribution in [0.25, 0.3) is 20.4 Å². The van der Waals surface area contributed by atoms with E-state index in [1.54, 1.807) is 44.3 Å². The summed E-state index contributed by atoms with van der Waals surface area (Å²) in [6, 6.07) is 11.5. The van der Waals surface area contributed by atoms with Gasteiger partial charge in [-0.3, -0.25) is 0 Å². The molecule has 0 unspecified atom stereocenters. The highest BCUT2D eigenvalue weighted by Crippen LogP contribution is 2.43. The smallest absolute Gasteiger partial charge is 0.162 e. The van der Waals surface area contributed by atoms with Crippen molar-refractivity contribution in [2.45, 2.75) is 8.68 Å². The third-order valence-corrected chi connectivity index (χ3v) is 8.32. The third kappa shape index (κ3) is 3.09. The van der Waals surface area contributed by atoms with Crippen molar-refractivity contribution in [2.24, 2.45) is 0 Å². The minimum atomic E-state index is 0.739. The number of fused-ring (bicyclic) bond motifs is 2. The third-order valence-electron chi connectivity index (χ3n) is 2.85. The van der Waals surface area contributed by atoms with E-state index in [0.29, 0.717) is 0 Å². The Bertz CT molecular complexity index is 899. The molecule has 0 N–H and O–H groups in total. The Labute approximate surface area is 152 Å². The van der Waals surface area contributed by atoms with Gasteiger partial charge >= 0.3 is 0 Å². The van der Waals surface area contributed by atoms with Crippen molar-refractivity contribution >= 4 is 87.9 Å². The second-order valence-corrected chi connectivity index (χ2v) is 9.91. The highest BCUT2D eigenvalue weighted by molar-refractivity contribution is 8.77. The Morgan fingerprint density at radius 3 is 1.64 bits per heavy atom. The van der Waals surface area contributed by atoms with Crippen molar-refractivity contribution in [1.29, 1.82) is 0 Å². The van der Waals surface area contributed by atoms with Crippen LogP contribution in [0.2, 0.25) is 10.0 Å². The van der Waals surface area contributed by atoms with Crippen LogP contribution in [0.1, 0.15) is 0 Å². The van der Waals surface area contributed by atoms with Crippen LogP contribution in [0.3, 0.4) is 0 Å². The molecule has 0 fully saturated rings. The average Bonchev–Trinajstić information content (AvgIpc) is 3.07. The summed E-state index contributed by atoms with van der Waals surface area (Å²) in [5, 5.41) is 1.48. The first-order chi connectivity index (χ1) is 10.7. The Balaban J connectivity index is 1.56. The summed E-state index contributed by atoms with van der Waals surface area (Å²) in [6.45, 7) is 0. The molecule has 2 heterocycles. The average molecular weight is 401 g/mol. The fraction of sp³-hybridized carbons (Fsp3) is 0. The summed E-state index contributed by atoms with van der Waals surface area (Å²) in [5.41, 5.74) is 1.96. The number of hydrogen-bond donors (Lipinski definition) is 0. The summed E-state index contributed by atoms with van der Waals surface area (Å²) in [4.78, 5) is 9.19. The Kier molecular flexibility index (Phi) is 4.23. The molecule has 0 saturated heterocycles. The van der Waals surface area contributed by atoms with Crippen LogP contribution in [0.15, 0.2) is 45.1 Å². The van der Waals surface area contributed by atoms with E-state index >= 15 is 0 Å². The minimum absolute atomic E-state index is 0.739. The highest BCUT2D eigenvalue weighted by atomic mass is 35.5. The van der Waals surface area contributed by atoms with Crippen LogP contribution < -0.4 is 0 Å². The Morgan fingerprint density at radius 1 is 0.727 bits per heavy atom. The zero-order valence-corrected chi connectivity index (χ0v) is 15.5. The molecule has 0 aliphatic carbocycles. The first-order valence-electron chi connectivity index (χ1n) is 6.14. The monoisotopic (exact) mass is 400 g/mol. The number of halogens is 2. The number of benzene rings is 2. The summed E-state index contributed by atoms with van der Waals surface area (Å²) >= 11 is 15.3. The zero-order chi connectivity index (χ0) is 15.1. The van der Waals surface area contributed by atoms with Crippen LogP contribution in [0.4, 0.5) is 0 Å². The van der Waals surface area contributed by atoms with Crippen molar-refractivity contribution in [1.82, 2.24) is 9.97 Å². The van der Waals surface area contributed by atoms with Crippen LogP contribution in [0, 0.1) is 0 Å². The van der Waals surface area contributed by atoms with Crippen molar-refractivity contribution in [3.63, 3.8) is 0 Å². The summed E-state index contributed by atoms with van der Waals surface area (Å²) in [6.07, 6.45) is 0. The quantitative estimate of drug-likeness (QED) is 0.345. The van der Waals surface area contributed by atoms with E-state index in [1.165, 1.54) is 0 Å². The van der Waals surface area contributed by atoms with E-state index in [4.69, 9.17) is 23.2 Å². The van der Waals surface area contributed by atoms with Gasteiger partial charge in [-0.2, -0.15) is 0 Å². The molecule has 0 atom stereocenters. The first-order valence-corrected chi connectivity index (χ1v) is 10.7. The molecular formula is C14H6Cl2N2S4. The van der Waals surface area contributed by atoms with Crippen LogP contribution in [0.5, 0.6) is 0 Å². The normalized spacial score (nSPS) is 11.5. The number of aromatic nitrogens is 2. The molecule has 4 aromatic rings. The van der Waals surface area contributed by atoms with Crippen molar-refractivity contribution in [3.8, 4) is 0 Å². The molecule has 110 valence electrons. The molecule has 0 spiro atoms. The molecule has 2 nitrogen and oxygen atoms in total. The lowest BCUT2D eigenvalue weighted by Crippen LogP contribution is -1.68. The van der Waals surface area contributed by atoms with Crippen molar-refractivity contribution < 1.29 is 0 Å². The van der Waals surface area contributed by atoms with Gasteiger partial charge in [0.15, 0.2) is 8.68 Å². The van der Waals surface area contributed by atoms with Gasteiger partial charge in [0.1, 0.15) is 0 Å². The lowest BCUT2D eigenvalue weighted by molar-refractivity contribution is 1.31. The largest absolute Gasteiger partial charge is 0.229 e. The lowest BCUT2D eigenvalue weighted by atomic mass is 10.3. The number of thiazole rings is 2. The number of nitrogens with zero attached hydrogens (tertiary/aromatic N) is 2. The molecule has 0 saturated carbocycles. The molecule has 0 aliphatic rings. The minimum Gasteiger partial charge on any atom is -0.229 e. The van der Waals surface area contributed by atoms with E-state index < -0.39 is 0 Å². The molecule has 4 rings (SSSR count). The molecule has 0 amide bonds. The predicted octanol–water partition coefficient (Wildman–Crippen LogP) is 7.01. The highest BCUT2D eigenvalue weighted by Gasteiger charge is 2.09. The summed E-state index contributed by atoms with van der Waals surface area (Å²) in [7, 11) is 3.24. The Hall–Kier alpha value is -0.500. The van der Waals surface area contributed by atoms with E-state index in [0.717, 1.165) is 39.2 Å². The van der Waals surface area contributed by atoms with Crippen molar-refractivity contribution in [2.75, 3.05) is 0 Å². The van der Waals surface area contributed by atoms with E-state index in [2.05, 4.69) is 9.97 Å². The van der Waals surface area contributed by atoms with Crippen LogP contribution in [-0.2, 0) is 0 Å². The lowest BCUT2D eigenvalue weighted by Gasteiger charge is -1.90. The van der Waals surface area contributed by atoms with E-state index in [1.807, 2.05) is 36.4 Å². The SMILES string of the molecule is Clc1ccc2nc(SSc3nc4ccc(Cl)cc4s3)sc2c1. The fourth-order valence-corrected chi connectivity index (χ4v) is 6.94. The van der Waals surface area contributed by atoms with Crippen molar-refractivity contribution in [3.05, 3.63) is 46.4 Å². The second-order valence-electron chi connectivity index (χ2n) is 4.35. The molecule has 2 aromatic carbocycles. The standard InChI is InChI=1S/C14H6Cl2N2S4/c15-7-1-3-9-11(5-7)19-13(17-9)21-22-14-18-10-4-2-8(16)6-12(10)20-14/h1-6H. The molecule has 0 radical (unpaired) electrons. The van der Waals surface area contributed by atoms with Gasteiger partial charge in [-0.05, 0) is 58.0 Å². The maximum Gasteiger partial charge on any atom is 0.162 e. The zero-order valence-electron chi connectivity index (χ0n) is 10.7. The predicted molar refractivity (Wildman–Crippen MR) is 101 cm³/mol. The first kappa shape index (κ1) is 15.1. The van der Waals surface area contributed by atoms with Gasteiger partial charge in [-0.25, -0.2) is 9.97 Å². The van der Waals surface area contributed by atoms with Gasteiger partial charge in [0, 0.05) is 10.0 Å². The molecule has 8 heteroatoms. The van der Waals surface area contributed by atoms with Gasteiger partial charge in [-0.15, -0.1) is 22.7 Å². The van der Waals surface area contributed by atoms with Crippen LogP contribution in [-0.4, -0.2) is 9.97 Å². The van der Waals surface area contributed by atoms with Gasteiger partial charge in [0.05, 0.1) is 20.4 Å². The number of rotatable bonds is 3. The molecular weight excluding hydrogens is 395 g/mol. The maximum atomic E-state index is 6.01. The van der Waals surface area contributed by atoms with E-state index in [9.17, 15) is 0 Å². The molecule has 0 aliphatic heterocycles. The Morgan fingerprint density at radius 2 is 1.18 bits per heavy atom.